The Labute approximate surface area is 112 Å². The van der Waals surface area contributed by atoms with Crippen LogP contribution in [0.15, 0.2) is 42.6 Å². The van der Waals surface area contributed by atoms with Crippen LogP contribution in [0.2, 0.25) is 0 Å². The van der Waals surface area contributed by atoms with Gasteiger partial charge in [-0.1, -0.05) is 24.3 Å². The van der Waals surface area contributed by atoms with E-state index < -0.39 is 12.0 Å². The highest BCUT2D eigenvalue weighted by molar-refractivity contribution is 5.79. The number of carboxylic acid groups (broad SMARTS) is 1. The summed E-state index contributed by atoms with van der Waals surface area (Å²) in [5, 5.41) is 12.4. The van der Waals surface area contributed by atoms with Crippen LogP contribution < -0.4 is 5.32 Å². The lowest BCUT2D eigenvalue weighted by Crippen LogP contribution is -2.21. The molecule has 0 aliphatic carbocycles. The van der Waals surface area contributed by atoms with Gasteiger partial charge in [-0.25, -0.2) is 4.79 Å². The molecular formula is C15H16N2O2. The zero-order chi connectivity index (χ0) is 13.8. The molecule has 0 amide bonds. The highest BCUT2D eigenvalue weighted by Gasteiger charge is 2.20. The van der Waals surface area contributed by atoms with Crippen LogP contribution in [0.4, 0.5) is 5.69 Å². The third-order valence-electron chi connectivity index (χ3n) is 2.96. The van der Waals surface area contributed by atoms with E-state index in [4.69, 9.17) is 0 Å². The molecule has 2 N–H and O–H groups in total. The highest BCUT2D eigenvalue weighted by atomic mass is 16.4. The van der Waals surface area contributed by atoms with Gasteiger partial charge in [0, 0.05) is 23.1 Å². The number of pyridine rings is 1. The number of rotatable bonds is 4. The fourth-order valence-electron chi connectivity index (χ4n) is 1.83. The topological polar surface area (TPSA) is 62.2 Å². The number of carbonyl (C=O) groups is 1. The summed E-state index contributed by atoms with van der Waals surface area (Å²) in [4.78, 5) is 15.6. The first-order valence-corrected chi connectivity index (χ1v) is 6.05. The second-order valence-corrected chi connectivity index (χ2v) is 4.46. The number of nitrogens with one attached hydrogen (secondary N) is 1. The van der Waals surface area contributed by atoms with Crippen LogP contribution in [0.25, 0.3) is 0 Å². The minimum Gasteiger partial charge on any atom is -0.479 e. The lowest BCUT2D eigenvalue weighted by molar-refractivity contribution is -0.138. The fraction of sp³-hybridized carbons (Fsp3) is 0.200. The SMILES string of the molecule is Cc1ccc(C(Nc2ccccc2C)C(=O)O)cn1. The van der Waals surface area contributed by atoms with E-state index in [2.05, 4.69) is 10.3 Å². The number of carboxylic acids is 1. The fourth-order valence-corrected chi connectivity index (χ4v) is 1.83. The van der Waals surface area contributed by atoms with Gasteiger partial charge in [-0.2, -0.15) is 0 Å². The van der Waals surface area contributed by atoms with Crippen LogP contribution in [0.1, 0.15) is 22.9 Å². The highest BCUT2D eigenvalue weighted by Crippen LogP contribution is 2.22. The van der Waals surface area contributed by atoms with Gasteiger partial charge in [-0.05, 0) is 31.5 Å². The Balaban J connectivity index is 2.29. The first-order valence-electron chi connectivity index (χ1n) is 6.05. The van der Waals surface area contributed by atoms with E-state index in [0.29, 0.717) is 5.56 Å². The van der Waals surface area contributed by atoms with Crippen molar-refractivity contribution in [3.63, 3.8) is 0 Å². The van der Waals surface area contributed by atoms with E-state index in [-0.39, 0.29) is 0 Å². The third-order valence-corrected chi connectivity index (χ3v) is 2.96. The Kier molecular flexibility index (Phi) is 3.80. The maximum Gasteiger partial charge on any atom is 0.330 e. The summed E-state index contributed by atoms with van der Waals surface area (Å²) >= 11 is 0. The van der Waals surface area contributed by atoms with Crippen molar-refractivity contribution in [2.45, 2.75) is 19.9 Å². The molecule has 1 aromatic carbocycles. The van der Waals surface area contributed by atoms with Gasteiger partial charge < -0.3 is 10.4 Å². The lowest BCUT2D eigenvalue weighted by Gasteiger charge is -2.17. The first-order chi connectivity index (χ1) is 9.08. The van der Waals surface area contributed by atoms with Crippen LogP contribution in [0.3, 0.4) is 0 Å². The minimum absolute atomic E-state index is 0.640. The second kappa shape index (κ2) is 5.52. The summed E-state index contributed by atoms with van der Waals surface area (Å²) in [7, 11) is 0. The van der Waals surface area contributed by atoms with Crippen LogP contribution in [-0.2, 0) is 4.79 Å². The van der Waals surface area contributed by atoms with Crippen molar-refractivity contribution < 1.29 is 9.90 Å². The number of hydrogen-bond acceptors (Lipinski definition) is 3. The monoisotopic (exact) mass is 256 g/mol. The molecule has 98 valence electrons. The molecule has 2 rings (SSSR count). The van der Waals surface area contributed by atoms with Crippen LogP contribution in [0, 0.1) is 13.8 Å². The second-order valence-electron chi connectivity index (χ2n) is 4.46. The molecule has 0 aliphatic rings. The van der Waals surface area contributed by atoms with Crippen molar-refractivity contribution in [1.29, 1.82) is 0 Å². The van der Waals surface area contributed by atoms with Gasteiger partial charge in [0.1, 0.15) is 0 Å². The quantitative estimate of drug-likeness (QED) is 0.882. The molecule has 4 nitrogen and oxygen atoms in total. The molecule has 19 heavy (non-hydrogen) atoms. The smallest absolute Gasteiger partial charge is 0.330 e. The van der Waals surface area contributed by atoms with Crippen molar-refractivity contribution in [1.82, 2.24) is 4.98 Å². The number of hydrogen-bond donors (Lipinski definition) is 2. The number of benzene rings is 1. The Bertz CT molecular complexity index is 579. The summed E-state index contributed by atoms with van der Waals surface area (Å²) in [5.74, 6) is -0.922. The Hall–Kier alpha value is -2.36. The first kappa shape index (κ1) is 13.1. The zero-order valence-electron chi connectivity index (χ0n) is 10.9. The molecule has 1 aromatic heterocycles. The van der Waals surface area contributed by atoms with Crippen molar-refractivity contribution in [3.8, 4) is 0 Å². The number of aliphatic carboxylic acids is 1. The average Bonchev–Trinajstić information content (AvgIpc) is 2.39. The van der Waals surface area contributed by atoms with Crippen molar-refractivity contribution in [2.24, 2.45) is 0 Å². The number of para-hydroxylation sites is 1. The van der Waals surface area contributed by atoms with E-state index in [1.165, 1.54) is 0 Å². The number of anilines is 1. The van der Waals surface area contributed by atoms with Gasteiger partial charge >= 0.3 is 5.97 Å². The molecule has 0 saturated carbocycles. The number of aryl methyl sites for hydroxylation is 2. The van der Waals surface area contributed by atoms with Gasteiger partial charge in [-0.15, -0.1) is 0 Å². The molecule has 0 fully saturated rings. The van der Waals surface area contributed by atoms with Crippen LogP contribution >= 0.6 is 0 Å². The van der Waals surface area contributed by atoms with E-state index in [1.807, 2.05) is 44.2 Å². The lowest BCUT2D eigenvalue weighted by atomic mass is 10.1. The zero-order valence-corrected chi connectivity index (χ0v) is 10.9. The van der Waals surface area contributed by atoms with Gasteiger partial charge in [0.15, 0.2) is 6.04 Å². The molecule has 0 bridgehead atoms. The number of nitrogens with zero attached hydrogens (tertiary/aromatic N) is 1. The predicted molar refractivity (Wildman–Crippen MR) is 74.2 cm³/mol. The van der Waals surface area contributed by atoms with Gasteiger partial charge in [0.25, 0.3) is 0 Å². The molecule has 4 heteroatoms. The van der Waals surface area contributed by atoms with Gasteiger partial charge in [-0.3, -0.25) is 4.98 Å². The molecular weight excluding hydrogens is 240 g/mol. The molecule has 0 radical (unpaired) electrons. The maximum absolute atomic E-state index is 11.4. The Morgan fingerprint density at radius 1 is 1.21 bits per heavy atom. The molecule has 1 heterocycles. The van der Waals surface area contributed by atoms with Crippen molar-refractivity contribution >= 4 is 11.7 Å². The summed E-state index contributed by atoms with van der Waals surface area (Å²) in [5.41, 5.74) is 3.33. The average molecular weight is 256 g/mol. The Morgan fingerprint density at radius 3 is 2.53 bits per heavy atom. The van der Waals surface area contributed by atoms with Crippen LogP contribution in [0.5, 0.6) is 0 Å². The van der Waals surface area contributed by atoms with E-state index in [1.54, 1.807) is 12.3 Å². The maximum atomic E-state index is 11.4. The van der Waals surface area contributed by atoms with Gasteiger partial charge in [0.05, 0.1) is 0 Å². The van der Waals surface area contributed by atoms with E-state index in [9.17, 15) is 9.90 Å². The molecule has 0 saturated heterocycles. The third kappa shape index (κ3) is 3.10. The van der Waals surface area contributed by atoms with Gasteiger partial charge in [0.2, 0.25) is 0 Å². The standard InChI is InChI=1S/C15H16N2O2/c1-10-5-3-4-6-13(10)17-14(15(18)19)12-8-7-11(2)16-9-12/h3-9,14,17H,1-2H3,(H,18,19). The molecule has 0 aliphatic heterocycles. The largest absolute Gasteiger partial charge is 0.479 e. The molecule has 1 atom stereocenters. The van der Waals surface area contributed by atoms with Crippen molar-refractivity contribution in [3.05, 3.63) is 59.4 Å². The Morgan fingerprint density at radius 2 is 1.95 bits per heavy atom. The molecule has 2 aromatic rings. The summed E-state index contributed by atoms with van der Waals surface area (Å²) in [6, 6.07) is 10.4. The van der Waals surface area contributed by atoms with E-state index >= 15 is 0 Å². The summed E-state index contributed by atoms with van der Waals surface area (Å²) in [6.07, 6.45) is 1.60. The molecule has 1 unspecified atom stereocenters. The molecule has 0 spiro atoms. The van der Waals surface area contributed by atoms with Crippen molar-refractivity contribution in [2.75, 3.05) is 5.32 Å². The van der Waals surface area contributed by atoms with E-state index in [0.717, 1.165) is 16.9 Å². The summed E-state index contributed by atoms with van der Waals surface area (Å²) < 4.78 is 0. The predicted octanol–water partition coefficient (Wildman–Crippen LogP) is 2.94. The minimum atomic E-state index is -0.922. The normalized spacial score (nSPS) is 11.9. The number of aromatic nitrogens is 1. The van der Waals surface area contributed by atoms with Crippen LogP contribution in [-0.4, -0.2) is 16.1 Å². The summed E-state index contributed by atoms with van der Waals surface area (Å²) in [6.45, 7) is 3.81.